The second-order valence-corrected chi connectivity index (χ2v) is 5.76. The lowest BCUT2D eigenvalue weighted by atomic mass is 10.4. The molecule has 0 atom stereocenters. The first-order valence-electron chi connectivity index (χ1n) is 5.87. The van der Waals surface area contributed by atoms with Gasteiger partial charge in [0.1, 0.15) is 0 Å². The molecule has 0 saturated carbocycles. The van der Waals surface area contributed by atoms with E-state index < -0.39 is 15.9 Å². The highest BCUT2D eigenvalue weighted by Crippen LogP contribution is 2.06. The second kappa shape index (κ2) is 6.31. The van der Waals surface area contributed by atoms with Crippen LogP contribution in [-0.4, -0.2) is 31.1 Å². The smallest absolute Gasteiger partial charge is 0.241 e. The Morgan fingerprint density at radius 3 is 2.60 bits per heavy atom. The van der Waals surface area contributed by atoms with Crippen LogP contribution >= 0.6 is 0 Å². The number of nitrogens with zero attached hydrogens (tertiary/aromatic N) is 1. The van der Waals surface area contributed by atoms with Crippen molar-refractivity contribution in [3.8, 4) is 0 Å². The maximum absolute atomic E-state index is 11.9. The monoisotopic (exact) mass is 294 g/mol. The summed E-state index contributed by atoms with van der Waals surface area (Å²) in [6.45, 7) is -0.0444. The van der Waals surface area contributed by atoms with E-state index in [0.717, 1.165) is 5.69 Å². The van der Waals surface area contributed by atoms with E-state index in [4.69, 9.17) is 0 Å². The maximum atomic E-state index is 11.9. The Balaban J connectivity index is 1.84. The number of amides is 1. The summed E-state index contributed by atoms with van der Waals surface area (Å²) in [4.78, 5) is 11.7. The van der Waals surface area contributed by atoms with Gasteiger partial charge in [-0.05, 0) is 18.2 Å². The Morgan fingerprint density at radius 1 is 1.20 bits per heavy atom. The first-order chi connectivity index (χ1) is 9.58. The molecule has 20 heavy (non-hydrogen) atoms. The molecular weight excluding hydrogens is 280 g/mol. The fourth-order valence-corrected chi connectivity index (χ4v) is 2.49. The van der Waals surface area contributed by atoms with Gasteiger partial charge in [0.2, 0.25) is 15.9 Å². The topological polar surface area (TPSA) is 104 Å². The molecule has 2 aromatic rings. The van der Waals surface area contributed by atoms with E-state index in [1.807, 2.05) is 0 Å². The average Bonchev–Trinajstić information content (AvgIpc) is 2.97. The number of hydrogen-bond donors (Lipinski definition) is 3. The summed E-state index contributed by atoms with van der Waals surface area (Å²) in [7, 11) is -3.66. The van der Waals surface area contributed by atoms with E-state index in [-0.39, 0.29) is 18.0 Å². The zero-order valence-corrected chi connectivity index (χ0v) is 11.4. The molecule has 1 aromatic heterocycles. The highest BCUT2D eigenvalue weighted by Gasteiger charge is 2.14. The van der Waals surface area contributed by atoms with Crippen molar-refractivity contribution in [2.45, 2.75) is 11.4 Å². The van der Waals surface area contributed by atoms with Gasteiger partial charge >= 0.3 is 0 Å². The zero-order valence-electron chi connectivity index (χ0n) is 10.5. The molecule has 0 bridgehead atoms. The van der Waals surface area contributed by atoms with Gasteiger partial charge in [-0.1, -0.05) is 18.2 Å². The van der Waals surface area contributed by atoms with Crippen molar-refractivity contribution >= 4 is 15.9 Å². The van der Waals surface area contributed by atoms with Crippen LogP contribution in [0.3, 0.4) is 0 Å². The molecule has 0 aliphatic carbocycles. The Kier molecular flexibility index (Phi) is 4.49. The number of benzene rings is 1. The second-order valence-electron chi connectivity index (χ2n) is 4.00. The van der Waals surface area contributed by atoms with Crippen molar-refractivity contribution in [2.75, 3.05) is 6.54 Å². The molecule has 0 radical (unpaired) electrons. The molecule has 1 heterocycles. The van der Waals surface area contributed by atoms with Crippen molar-refractivity contribution in [3.63, 3.8) is 0 Å². The van der Waals surface area contributed by atoms with Crippen molar-refractivity contribution < 1.29 is 13.2 Å². The standard InChI is InChI=1S/C12H14N4O3S/c17-12(13-8-10-6-7-14-16-10)9-15-20(18,19)11-4-2-1-3-5-11/h1-7,15H,8-9H2,(H,13,17)(H,14,16). The van der Waals surface area contributed by atoms with E-state index in [1.165, 1.54) is 12.1 Å². The molecule has 1 aromatic carbocycles. The van der Waals surface area contributed by atoms with Gasteiger partial charge in [-0.3, -0.25) is 9.89 Å². The van der Waals surface area contributed by atoms with Crippen LogP contribution in [0.4, 0.5) is 0 Å². The van der Waals surface area contributed by atoms with Crippen LogP contribution < -0.4 is 10.0 Å². The Morgan fingerprint density at radius 2 is 1.95 bits per heavy atom. The molecule has 7 nitrogen and oxygen atoms in total. The minimum atomic E-state index is -3.66. The van der Waals surface area contributed by atoms with Gasteiger partial charge < -0.3 is 5.32 Å². The fraction of sp³-hybridized carbons (Fsp3) is 0.167. The van der Waals surface area contributed by atoms with Crippen molar-refractivity contribution in [1.29, 1.82) is 0 Å². The average molecular weight is 294 g/mol. The van der Waals surface area contributed by atoms with Crippen LogP contribution in [0.25, 0.3) is 0 Å². The van der Waals surface area contributed by atoms with Gasteiger partial charge in [-0.15, -0.1) is 0 Å². The molecule has 106 valence electrons. The van der Waals surface area contributed by atoms with Gasteiger partial charge in [0.25, 0.3) is 0 Å². The first kappa shape index (κ1) is 14.2. The lowest BCUT2D eigenvalue weighted by molar-refractivity contribution is -0.120. The number of rotatable bonds is 6. The van der Waals surface area contributed by atoms with Gasteiger partial charge in [0.15, 0.2) is 0 Å². The van der Waals surface area contributed by atoms with Crippen LogP contribution in [0, 0.1) is 0 Å². The maximum Gasteiger partial charge on any atom is 0.241 e. The molecule has 3 N–H and O–H groups in total. The SMILES string of the molecule is O=C(CNS(=O)(=O)c1ccccc1)NCc1ccn[nH]1. The predicted molar refractivity (Wildman–Crippen MR) is 72.1 cm³/mol. The quantitative estimate of drug-likeness (QED) is 0.697. The van der Waals surface area contributed by atoms with E-state index in [1.54, 1.807) is 30.5 Å². The van der Waals surface area contributed by atoms with Gasteiger partial charge in [0.05, 0.1) is 23.7 Å². The number of aromatic nitrogens is 2. The van der Waals surface area contributed by atoms with Gasteiger partial charge in [-0.25, -0.2) is 13.1 Å². The number of aromatic amines is 1. The van der Waals surface area contributed by atoms with E-state index in [2.05, 4.69) is 20.2 Å². The largest absolute Gasteiger partial charge is 0.349 e. The third-order valence-electron chi connectivity index (χ3n) is 2.51. The molecule has 8 heteroatoms. The summed E-state index contributed by atoms with van der Waals surface area (Å²) in [6, 6.07) is 9.60. The van der Waals surface area contributed by atoms with Crippen molar-refractivity contribution in [3.05, 3.63) is 48.3 Å². The molecular formula is C12H14N4O3S. The fourth-order valence-electron chi connectivity index (χ4n) is 1.48. The lowest BCUT2D eigenvalue weighted by Gasteiger charge is -2.07. The Hall–Kier alpha value is -2.19. The third kappa shape index (κ3) is 3.90. The summed E-state index contributed by atoms with van der Waals surface area (Å²) in [6.07, 6.45) is 1.57. The number of nitrogens with one attached hydrogen (secondary N) is 3. The third-order valence-corrected chi connectivity index (χ3v) is 3.93. The number of carbonyl (C=O) groups is 1. The van der Waals surface area contributed by atoms with Gasteiger partial charge in [-0.2, -0.15) is 5.10 Å². The summed E-state index contributed by atoms with van der Waals surface area (Å²) in [5.74, 6) is -0.417. The zero-order chi connectivity index (χ0) is 14.4. The van der Waals surface area contributed by atoms with Crippen molar-refractivity contribution in [1.82, 2.24) is 20.2 Å². The number of hydrogen-bond acceptors (Lipinski definition) is 4. The van der Waals surface area contributed by atoms with Crippen LogP contribution in [-0.2, 0) is 21.4 Å². The Labute approximate surface area is 116 Å². The first-order valence-corrected chi connectivity index (χ1v) is 7.36. The molecule has 0 aliphatic heterocycles. The van der Waals surface area contributed by atoms with Crippen LogP contribution in [0.1, 0.15) is 5.69 Å². The molecule has 0 spiro atoms. The predicted octanol–water partition coefficient (Wildman–Crippen LogP) is 0.00440. The molecule has 0 unspecified atom stereocenters. The normalized spacial score (nSPS) is 11.2. The van der Waals surface area contributed by atoms with Crippen LogP contribution in [0.5, 0.6) is 0 Å². The molecule has 1 amide bonds. The minimum absolute atomic E-state index is 0.126. The van der Waals surface area contributed by atoms with Crippen LogP contribution in [0.15, 0.2) is 47.5 Å². The summed E-state index contributed by atoms with van der Waals surface area (Å²) in [5, 5.41) is 9.00. The van der Waals surface area contributed by atoms with Crippen LogP contribution in [0.2, 0.25) is 0 Å². The van der Waals surface area contributed by atoms with E-state index in [9.17, 15) is 13.2 Å². The summed E-state index contributed by atoms with van der Waals surface area (Å²) >= 11 is 0. The lowest BCUT2D eigenvalue weighted by Crippen LogP contribution is -2.36. The number of carbonyl (C=O) groups excluding carboxylic acids is 1. The summed E-state index contributed by atoms with van der Waals surface area (Å²) < 4.78 is 26.0. The number of sulfonamides is 1. The van der Waals surface area contributed by atoms with Crippen molar-refractivity contribution in [2.24, 2.45) is 0 Å². The molecule has 2 rings (SSSR count). The molecule has 0 saturated heterocycles. The molecule has 0 fully saturated rings. The van der Waals surface area contributed by atoms with Gasteiger partial charge in [0, 0.05) is 6.20 Å². The highest BCUT2D eigenvalue weighted by atomic mass is 32.2. The Bertz CT molecular complexity index is 653. The van der Waals surface area contributed by atoms with E-state index in [0.29, 0.717) is 0 Å². The number of H-pyrrole nitrogens is 1. The summed E-state index contributed by atoms with van der Waals surface area (Å²) in [5.41, 5.74) is 0.740. The molecule has 0 aliphatic rings. The highest BCUT2D eigenvalue weighted by molar-refractivity contribution is 7.89. The minimum Gasteiger partial charge on any atom is -0.349 e. The van der Waals surface area contributed by atoms with E-state index >= 15 is 0 Å².